The van der Waals surface area contributed by atoms with Crippen LogP contribution in [-0.4, -0.2) is 27.9 Å². The van der Waals surface area contributed by atoms with Crippen LogP contribution in [-0.2, 0) is 17.8 Å². The number of aromatic nitrogens is 2. The number of nitrogens with zero attached hydrogens (tertiary/aromatic N) is 2. The summed E-state index contributed by atoms with van der Waals surface area (Å²) in [6.45, 7) is 4.65. The fourth-order valence-electron chi connectivity index (χ4n) is 3.85. The molecule has 0 saturated carbocycles. The predicted molar refractivity (Wildman–Crippen MR) is 136 cm³/mol. The fourth-order valence-corrected chi connectivity index (χ4v) is 3.97. The van der Waals surface area contributed by atoms with Gasteiger partial charge in [-0.25, -0.2) is 4.98 Å². The van der Waals surface area contributed by atoms with Gasteiger partial charge in [-0.2, -0.15) is 0 Å². The highest BCUT2D eigenvalue weighted by molar-refractivity contribution is 6.30. The van der Waals surface area contributed by atoms with E-state index in [-0.39, 0.29) is 18.4 Å². The van der Waals surface area contributed by atoms with Gasteiger partial charge in [-0.3, -0.25) is 9.59 Å². The van der Waals surface area contributed by atoms with Gasteiger partial charge in [0.1, 0.15) is 12.4 Å². The molecule has 0 bridgehead atoms. The summed E-state index contributed by atoms with van der Waals surface area (Å²) in [5.74, 6) is 0.574. The Hall–Kier alpha value is -3.64. The Morgan fingerprint density at radius 3 is 2.56 bits per heavy atom. The number of hydrogen-bond acceptors (Lipinski definition) is 3. The van der Waals surface area contributed by atoms with Gasteiger partial charge in [-0.05, 0) is 73.9 Å². The van der Waals surface area contributed by atoms with Crippen molar-refractivity contribution in [3.8, 4) is 0 Å². The molecule has 4 aromatic rings. The first-order chi connectivity index (χ1) is 16.4. The average molecular weight is 475 g/mol. The number of rotatable bonds is 8. The molecular weight excluding hydrogens is 448 g/mol. The third-order valence-electron chi connectivity index (χ3n) is 5.67. The SMILES string of the molecule is Cc1ccc(C)c(NC(=O)Cn2c(CCCNC(=O)c3ccc(Cl)cc3)nc3ccccc32)c1. The van der Waals surface area contributed by atoms with Crippen LogP contribution in [0, 0.1) is 13.8 Å². The van der Waals surface area contributed by atoms with Gasteiger partial charge in [-0.1, -0.05) is 35.9 Å². The lowest BCUT2D eigenvalue weighted by molar-refractivity contribution is -0.116. The van der Waals surface area contributed by atoms with Gasteiger partial charge in [0, 0.05) is 29.2 Å². The monoisotopic (exact) mass is 474 g/mol. The molecule has 0 saturated heterocycles. The molecule has 0 atom stereocenters. The molecule has 0 aliphatic carbocycles. The Labute approximate surface area is 204 Å². The van der Waals surface area contributed by atoms with Gasteiger partial charge in [-0.15, -0.1) is 0 Å². The molecule has 0 radical (unpaired) electrons. The van der Waals surface area contributed by atoms with Crippen LogP contribution in [0.4, 0.5) is 5.69 Å². The van der Waals surface area contributed by atoms with E-state index < -0.39 is 0 Å². The lowest BCUT2D eigenvalue weighted by Gasteiger charge is -2.12. The molecule has 3 aromatic carbocycles. The van der Waals surface area contributed by atoms with Crippen molar-refractivity contribution in [2.75, 3.05) is 11.9 Å². The molecule has 0 fully saturated rings. The minimum Gasteiger partial charge on any atom is -0.352 e. The van der Waals surface area contributed by atoms with Crippen LogP contribution in [0.1, 0.15) is 33.7 Å². The second-order valence-electron chi connectivity index (χ2n) is 8.34. The highest BCUT2D eigenvalue weighted by atomic mass is 35.5. The quantitative estimate of drug-likeness (QED) is 0.340. The standard InChI is InChI=1S/C27H27ClN4O2/c1-18-9-10-19(2)23(16-18)31-26(33)17-32-24-7-4-3-6-22(24)30-25(32)8-5-15-29-27(34)20-11-13-21(28)14-12-20/h3-4,6-7,9-14,16H,5,8,15,17H2,1-2H3,(H,29,34)(H,31,33). The maximum absolute atomic E-state index is 12.9. The predicted octanol–water partition coefficient (Wildman–Crippen LogP) is 5.31. The molecule has 0 unspecified atom stereocenters. The van der Waals surface area contributed by atoms with Gasteiger partial charge in [0.2, 0.25) is 5.91 Å². The summed E-state index contributed by atoms with van der Waals surface area (Å²) in [6, 6.07) is 20.6. The Kier molecular flexibility index (Phi) is 7.28. The molecule has 1 heterocycles. The number of anilines is 1. The second kappa shape index (κ2) is 10.5. The summed E-state index contributed by atoms with van der Waals surface area (Å²) < 4.78 is 1.96. The minimum atomic E-state index is -0.141. The molecular formula is C27H27ClN4O2. The lowest BCUT2D eigenvalue weighted by Crippen LogP contribution is -2.25. The van der Waals surface area contributed by atoms with Crippen molar-refractivity contribution in [3.05, 3.63) is 94.3 Å². The molecule has 174 valence electrons. The number of hydrogen-bond donors (Lipinski definition) is 2. The zero-order valence-corrected chi connectivity index (χ0v) is 20.0. The summed E-state index contributed by atoms with van der Waals surface area (Å²) in [5, 5.41) is 6.55. The van der Waals surface area contributed by atoms with Crippen LogP contribution in [0.2, 0.25) is 5.02 Å². The van der Waals surface area contributed by atoms with E-state index in [0.717, 1.165) is 33.7 Å². The molecule has 4 rings (SSSR count). The lowest BCUT2D eigenvalue weighted by atomic mass is 10.1. The number of imidazole rings is 1. The van der Waals surface area contributed by atoms with Crippen molar-refractivity contribution in [3.63, 3.8) is 0 Å². The van der Waals surface area contributed by atoms with E-state index >= 15 is 0 Å². The normalized spacial score (nSPS) is 10.9. The molecule has 6 nitrogen and oxygen atoms in total. The van der Waals surface area contributed by atoms with E-state index in [2.05, 4.69) is 10.6 Å². The van der Waals surface area contributed by atoms with Crippen molar-refractivity contribution in [1.82, 2.24) is 14.9 Å². The van der Waals surface area contributed by atoms with Crippen LogP contribution in [0.15, 0.2) is 66.7 Å². The number of amides is 2. The first kappa shape index (κ1) is 23.5. The van der Waals surface area contributed by atoms with Crippen LogP contribution < -0.4 is 10.6 Å². The maximum atomic E-state index is 12.9. The van der Waals surface area contributed by atoms with E-state index in [1.54, 1.807) is 24.3 Å². The molecule has 0 spiro atoms. The minimum absolute atomic E-state index is 0.103. The van der Waals surface area contributed by atoms with E-state index in [9.17, 15) is 9.59 Å². The Balaban J connectivity index is 1.42. The third kappa shape index (κ3) is 5.64. The summed E-state index contributed by atoms with van der Waals surface area (Å²) >= 11 is 5.89. The zero-order valence-electron chi connectivity index (χ0n) is 19.3. The summed E-state index contributed by atoms with van der Waals surface area (Å²) in [6.07, 6.45) is 1.33. The molecule has 0 aliphatic rings. The highest BCUT2D eigenvalue weighted by Gasteiger charge is 2.14. The largest absolute Gasteiger partial charge is 0.352 e. The van der Waals surface area contributed by atoms with E-state index in [0.29, 0.717) is 30.0 Å². The van der Waals surface area contributed by atoms with Gasteiger partial charge < -0.3 is 15.2 Å². The van der Waals surface area contributed by atoms with Gasteiger partial charge >= 0.3 is 0 Å². The smallest absolute Gasteiger partial charge is 0.251 e. The number of fused-ring (bicyclic) bond motifs is 1. The summed E-state index contributed by atoms with van der Waals surface area (Å²) in [4.78, 5) is 30.0. The Morgan fingerprint density at radius 2 is 1.76 bits per heavy atom. The van der Waals surface area contributed by atoms with Gasteiger partial charge in [0.15, 0.2) is 0 Å². The molecule has 7 heteroatoms. The number of benzene rings is 3. The highest BCUT2D eigenvalue weighted by Crippen LogP contribution is 2.19. The maximum Gasteiger partial charge on any atom is 0.251 e. The van der Waals surface area contributed by atoms with E-state index in [1.165, 1.54) is 0 Å². The van der Waals surface area contributed by atoms with Crippen LogP contribution in [0.25, 0.3) is 11.0 Å². The first-order valence-electron chi connectivity index (χ1n) is 11.3. The average Bonchev–Trinajstić information content (AvgIpc) is 3.16. The van der Waals surface area contributed by atoms with Crippen molar-refractivity contribution in [2.45, 2.75) is 33.2 Å². The van der Waals surface area contributed by atoms with Gasteiger partial charge in [0.05, 0.1) is 11.0 Å². The number of carbonyl (C=O) groups is 2. The number of halogens is 1. The topological polar surface area (TPSA) is 76.0 Å². The number of aryl methyl sites for hydroxylation is 3. The van der Waals surface area contributed by atoms with Crippen molar-refractivity contribution >= 4 is 40.1 Å². The van der Waals surface area contributed by atoms with Gasteiger partial charge in [0.25, 0.3) is 5.91 Å². The van der Waals surface area contributed by atoms with E-state index in [4.69, 9.17) is 16.6 Å². The fraction of sp³-hybridized carbons (Fsp3) is 0.222. The molecule has 2 amide bonds. The Bertz CT molecular complexity index is 1330. The first-order valence-corrected chi connectivity index (χ1v) is 11.6. The molecule has 1 aromatic heterocycles. The van der Waals surface area contributed by atoms with Crippen molar-refractivity contribution < 1.29 is 9.59 Å². The summed E-state index contributed by atoms with van der Waals surface area (Å²) in [7, 11) is 0. The third-order valence-corrected chi connectivity index (χ3v) is 5.92. The van der Waals surface area contributed by atoms with Crippen LogP contribution in [0.3, 0.4) is 0 Å². The summed E-state index contributed by atoms with van der Waals surface area (Å²) in [5.41, 5.74) is 5.27. The van der Waals surface area contributed by atoms with Crippen molar-refractivity contribution in [2.24, 2.45) is 0 Å². The number of nitrogens with one attached hydrogen (secondary N) is 2. The van der Waals surface area contributed by atoms with Crippen molar-refractivity contribution in [1.29, 1.82) is 0 Å². The molecule has 2 N–H and O–H groups in total. The van der Waals surface area contributed by atoms with Crippen LogP contribution >= 0.6 is 11.6 Å². The second-order valence-corrected chi connectivity index (χ2v) is 8.77. The number of para-hydroxylation sites is 2. The molecule has 34 heavy (non-hydrogen) atoms. The zero-order chi connectivity index (χ0) is 24.1. The molecule has 0 aliphatic heterocycles. The van der Waals surface area contributed by atoms with E-state index in [1.807, 2.05) is 60.9 Å². The Morgan fingerprint density at radius 1 is 1.00 bits per heavy atom. The van der Waals surface area contributed by atoms with Crippen LogP contribution in [0.5, 0.6) is 0 Å². The number of carbonyl (C=O) groups excluding carboxylic acids is 2.